The highest BCUT2D eigenvalue weighted by atomic mass is 16.3. The third-order valence-electron chi connectivity index (χ3n) is 4.06. The summed E-state index contributed by atoms with van der Waals surface area (Å²) >= 11 is 0. The van der Waals surface area contributed by atoms with Gasteiger partial charge in [-0.15, -0.1) is 0 Å². The van der Waals surface area contributed by atoms with Crippen LogP contribution in [0.25, 0.3) is 0 Å². The van der Waals surface area contributed by atoms with E-state index in [0.717, 1.165) is 13.0 Å². The molecule has 0 spiro atoms. The summed E-state index contributed by atoms with van der Waals surface area (Å²) in [4.78, 5) is 2.47. The molecular weight excluding hydrogens is 222 g/mol. The fourth-order valence-electron chi connectivity index (χ4n) is 2.99. The highest BCUT2D eigenvalue weighted by Gasteiger charge is 2.23. The van der Waals surface area contributed by atoms with E-state index in [1.807, 2.05) is 12.1 Å². The third-order valence-corrected chi connectivity index (χ3v) is 4.06. The first kappa shape index (κ1) is 13.4. The number of unbranched alkanes of at least 4 members (excludes halogenated alkanes) is 2. The Morgan fingerprint density at radius 3 is 2.94 bits per heavy atom. The Balaban J connectivity index is 2.08. The molecule has 1 atom stereocenters. The van der Waals surface area contributed by atoms with Crippen molar-refractivity contribution in [3.63, 3.8) is 0 Å². The summed E-state index contributed by atoms with van der Waals surface area (Å²) in [7, 11) is 2.22. The number of rotatable bonds is 5. The van der Waals surface area contributed by atoms with Gasteiger partial charge in [-0.25, -0.2) is 0 Å². The molecule has 0 aliphatic heterocycles. The summed E-state index contributed by atoms with van der Waals surface area (Å²) in [5, 5.41) is 9.68. The van der Waals surface area contributed by atoms with Crippen LogP contribution in [0, 0.1) is 0 Å². The van der Waals surface area contributed by atoms with Gasteiger partial charge in [-0.2, -0.15) is 0 Å². The average Bonchev–Trinajstić information content (AvgIpc) is 2.38. The van der Waals surface area contributed by atoms with Crippen molar-refractivity contribution < 1.29 is 5.11 Å². The molecule has 1 aliphatic carbocycles. The van der Waals surface area contributed by atoms with E-state index in [0.29, 0.717) is 11.8 Å². The molecule has 0 amide bonds. The van der Waals surface area contributed by atoms with Crippen molar-refractivity contribution in [3.8, 4) is 5.75 Å². The first-order valence-corrected chi connectivity index (χ1v) is 7.24. The number of phenolic OH excluding ortho intramolecular Hbond substituents is 1. The van der Waals surface area contributed by atoms with Crippen molar-refractivity contribution in [1.82, 2.24) is 4.90 Å². The van der Waals surface area contributed by atoms with Gasteiger partial charge >= 0.3 is 0 Å². The molecule has 0 bridgehead atoms. The normalized spacial score (nSPS) is 18.9. The second-order valence-electron chi connectivity index (χ2n) is 5.48. The van der Waals surface area contributed by atoms with Crippen LogP contribution in [-0.4, -0.2) is 23.6 Å². The Labute approximate surface area is 111 Å². The van der Waals surface area contributed by atoms with Crippen LogP contribution < -0.4 is 0 Å². The maximum Gasteiger partial charge on any atom is 0.115 e. The lowest BCUT2D eigenvalue weighted by Gasteiger charge is -2.33. The quantitative estimate of drug-likeness (QED) is 0.798. The van der Waals surface area contributed by atoms with Gasteiger partial charge in [0.15, 0.2) is 0 Å². The number of fused-ring (bicyclic) bond motifs is 1. The lowest BCUT2D eigenvalue weighted by atomic mass is 9.86. The first-order valence-electron chi connectivity index (χ1n) is 7.24. The standard InChI is InChI=1S/C16H25NO/c1-3-4-5-11-17(2)16-8-6-7-13-9-10-14(18)12-15(13)16/h9-10,12,16,18H,3-8,11H2,1-2H3. The van der Waals surface area contributed by atoms with Crippen LogP contribution in [0.3, 0.4) is 0 Å². The Kier molecular flexibility index (Phi) is 4.65. The van der Waals surface area contributed by atoms with Gasteiger partial charge in [0, 0.05) is 6.04 Å². The van der Waals surface area contributed by atoms with Gasteiger partial charge in [0.05, 0.1) is 0 Å². The van der Waals surface area contributed by atoms with E-state index in [-0.39, 0.29) is 0 Å². The summed E-state index contributed by atoms with van der Waals surface area (Å²) < 4.78 is 0. The van der Waals surface area contributed by atoms with E-state index in [9.17, 15) is 5.11 Å². The van der Waals surface area contributed by atoms with Gasteiger partial charge in [0.1, 0.15) is 5.75 Å². The van der Waals surface area contributed by atoms with Crippen molar-refractivity contribution in [3.05, 3.63) is 29.3 Å². The van der Waals surface area contributed by atoms with E-state index < -0.39 is 0 Å². The lowest BCUT2D eigenvalue weighted by molar-refractivity contribution is 0.217. The number of hydrogen-bond acceptors (Lipinski definition) is 2. The second-order valence-corrected chi connectivity index (χ2v) is 5.48. The summed E-state index contributed by atoms with van der Waals surface area (Å²) in [6.07, 6.45) is 7.51. The minimum Gasteiger partial charge on any atom is -0.508 e. The van der Waals surface area contributed by atoms with Crippen LogP contribution in [0.4, 0.5) is 0 Å². The fraction of sp³-hybridized carbons (Fsp3) is 0.625. The van der Waals surface area contributed by atoms with Crippen LogP contribution in [0.1, 0.15) is 56.2 Å². The molecule has 1 aliphatic rings. The minimum absolute atomic E-state index is 0.405. The van der Waals surface area contributed by atoms with Crippen LogP contribution in [0.5, 0.6) is 5.75 Å². The van der Waals surface area contributed by atoms with Gasteiger partial charge in [-0.1, -0.05) is 25.8 Å². The molecule has 1 unspecified atom stereocenters. The molecular formula is C16H25NO. The maximum absolute atomic E-state index is 9.68. The Morgan fingerprint density at radius 2 is 2.17 bits per heavy atom. The molecule has 100 valence electrons. The molecule has 1 aromatic rings. The smallest absolute Gasteiger partial charge is 0.115 e. The Morgan fingerprint density at radius 1 is 1.33 bits per heavy atom. The monoisotopic (exact) mass is 247 g/mol. The first-order chi connectivity index (χ1) is 8.72. The van der Waals surface area contributed by atoms with Gasteiger partial charge in [-0.05, 0) is 62.5 Å². The largest absolute Gasteiger partial charge is 0.508 e. The number of aryl methyl sites for hydroxylation is 1. The zero-order valence-electron chi connectivity index (χ0n) is 11.7. The van der Waals surface area contributed by atoms with Crippen molar-refractivity contribution in [2.75, 3.05) is 13.6 Å². The summed E-state index contributed by atoms with van der Waals surface area (Å²) in [6.45, 7) is 3.40. The number of benzene rings is 1. The fourth-order valence-corrected chi connectivity index (χ4v) is 2.99. The van der Waals surface area contributed by atoms with Crippen molar-refractivity contribution in [2.45, 2.75) is 51.5 Å². The van der Waals surface area contributed by atoms with E-state index >= 15 is 0 Å². The lowest BCUT2D eigenvalue weighted by Crippen LogP contribution is -2.28. The molecule has 0 heterocycles. The van der Waals surface area contributed by atoms with Gasteiger partial charge in [-0.3, -0.25) is 4.90 Å². The number of phenols is 1. The predicted octanol–water partition coefficient (Wildman–Crippen LogP) is 3.89. The summed E-state index contributed by atoms with van der Waals surface area (Å²) in [5.41, 5.74) is 2.77. The zero-order chi connectivity index (χ0) is 13.0. The van der Waals surface area contributed by atoms with Crippen LogP contribution in [0.15, 0.2) is 18.2 Å². The molecule has 1 aromatic carbocycles. The van der Waals surface area contributed by atoms with Gasteiger partial charge in [0.2, 0.25) is 0 Å². The SMILES string of the molecule is CCCCCN(C)C1CCCc2ccc(O)cc21. The predicted molar refractivity (Wildman–Crippen MR) is 75.9 cm³/mol. The molecule has 0 saturated carbocycles. The average molecular weight is 247 g/mol. The molecule has 2 nitrogen and oxygen atoms in total. The van der Waals surface area contributed by atoms with E-state index in [1.54, 1.807) is 0 Å². The molecule has 0 radical (unpaired) electrons. The topological polar surface area (TPSA) is 23.5 Å². The third kappa shape index (κ3) is 3.05. The molecule has 0 aromatic heterocycles. The molecule has 18 heavy (non-hydrogen) atoms. The van der Waals surface area contributed by atoms with E-state index in [1.165, 1.54) is 43.2 Å². The maximum atomic E-state index is 9.68. The highest BCUT2D eigenvalue weighted by Crippen LogP contribution is 2.35. The molecule has 0 saturated heterocycles. The van der Waals surface area contributed by atoms with Crippen molar-refractivity contribution in [2.24, 2.45) is 0 Å². The van der Waals surface area contributed by atoms with Crippen molar-refractivity contribution >= 4 is 0 Å². The van der Waals surface area contributed by atoms with Crippen LogP contribution >= 0.6 is 0 Å². The molecule has 1 N–H and O–H groups in total. The van der Waals surface area contributed by atoms with Crippen molar-refractivity contribution in [1.29, 1.82) is 0 Å². The minimum atomic E-state index is 0.405. The highest BCUT2D eigenvalue weighted by molar-refractivity contribution is 5.38. The number of hydrogen-bond donors (Lipinski definition) is 1. The van der Waals surface area contributed by atoms with Crippen LogP contribution in [-0.2, 0) is 6.42 Å². The number of nitrogens with zero attached hydrogens (tertiary/aromatic N) is 1. The van der Waals surface area contributed by atoms with Crippen LogP contribution in [0.2, 0.25) is 0 Å². The second kappa shape index (κ2) is 6.24. The van der Waals surface area contributed by atoms with E-state index in [4.69, 9.17) is 0 Å². The Bertz CT molecular complexity index is 389. The zero-order valence-corrected chi connectivity index (χ0v) is 11.7. The van der Waals surface area contributed by atoms with E-state index in [2.05, 4.69) is 24.9 Å². The van der Waals surface area contributed by atoms with Gasteiger partial charge < -0.3 is 5.11 Å². The van der Waals surface area contributed by atoms with Gasteiger partial charge in [0.25, 0.3) is 0 Å². The summed E-state index contributed by atoms with van der Waals surface area (Å²) in [6, 6.07) is 6.38. The molecule has 2 heteroatoms. The molecule has 2 rings (SSSR count). The summed E-state index contributed by atoms with van der Waals surface area (Å²) in [5.74, 6) is 0.405. The number of aromatic hydroxyl groups is 1. The molecule has 0 fully saturated rings. The Hall–Kier alpha value is -1.02.